The Morgan fingerprint density at radius 1 is 1.58 bits per heavy atom. The number of benzene rings is 1. The second kappa shape index (κ2) is 6.39. The Morgan fingerprint density at radius 3 is 3.05 bits per heavy atom. The van der Waals surface area contributed by atoms with Crippen molar-refractivity contribution < 1.29 is 4.79 Å². The zero-order valence-corrected chi connectivity index (χ0v) is 12.7. The average Bonchev–Trinajstić information content (AvgIpc) is 2.46. The summed E-state index contributed by atoms with van der Waals surface area (Å²) in [6.07, 6.45) is 2.00. The van der Waals surface area contributed by atoms with Crippen LogP contribution in [0.25, 0.3) is 0 Å². The molecule has 0 aliphatic carbocycles. The molecule has 1 unspecified atom stereocenters. The van der Waals surface area contributed by atoms with Gasteiger partial charge < -0.3 is 16.0 Å². The maximum Gasteiger partial charge on any atom is 0.224 e. The summed E-state index contributed by atoms with van der Waals surface area (Å²) in [6, 6.07) is 6.14. The molecule has 1 atom stereocenters. The minimum atomic E-state index is 0.0726. The van der Waals surface area contributed by atoms with E-state index in [1.165, 1.54) is 0 Å². The minimum absolute atomic E-state index is 0.0726. The second-order valence-corrected chi connectivity index (χ2v) is 5.79. The van der Waals surface area contributed by atoms with Gasteiger partial charge in [-0.05, 0) is 30.5 Å². The van der Waals surface area contributed by atoms with Gasteiger partial charge in [-0.1, -0.05) is 22.0 Å². The zero-order chi connectivity index (χ0) is 13.8. The molecule has 1 saturated heterocycles. The van der Waals surface area contributed by atoms with E-state index in [-0.39, 0.29) is 11.8 Å². The first-order valence-corrected chi connectivity index (χ1v) is 7.40. The fourth-order valence-electron chi connectivity index (χ4n) is 2.62. The molecule has 1 aromatic rings. The van der Waals surface area contributed by atoms with Crippen LogP contribution in [0, 0.1) is 5.92 Å². The van der Waals surface area contributed by atoms with Crippen LogP contribution in [0.15, 0.2) is 22.7 Å². The van der Waals surface area contributed by atoms with Gasteiger partial charge in [-0.2, -0.15) is 0 Å². The number of amides is 1. The highest BCUT2D eigenvalue weighted by molar-refractivity contribution is 9.10. The molecular weight excluding hydrogens is 306 g/mol. The third-order valence-corrected chi connectivity index (χ3v) is 4.14. The lowest BCUT2D eigenvalue weighted by Crippen LogP contribution is -2.42. The Balaban J connectivity index is 2.21. The fraction of sp³-hybridized carbons (Fsp3) is 0.500. The van der Waals surface area contributed by atoms with Gasteiger partial charge in [-0.15, -0.1) is 0 Å². The Labute approximate surface area is 122 Å². The molecule has 1 aromatic carbocycles. The van der Waals surface area contributed by atoms with E-state index < -0.39 is 0 Å². The first-order chi connectivity index (χ1) is 9.15. The Morgan fingerprint density at radius 2 is 2.37 bits per heavy atom. The molecule has 19 heavy (non-hydrogen) atoms. The van der Waals surface area contributed by atoms with Crippen molar-refractivity contribution in [3.8, 4) is 0 Å². The average molecular weight is 326 g/mol. The number of piperidine rings is 1. The molecule has 1 aliphatic heterocycles. The highest BCUT2D eigenvalue weighted by Gasteiger charge is 2.26. The summed E-state index contributed by atoms with van der Waals surface area (Å²) in [5, 5.41) is 2.75. The summed E-state index contributed by atoms with van der Waals surface area (Å²) in [5.41, 5.74) is 8.08. The molecule has 104 valence electrons. The van der Waals surface area contributed by atoms with Crippen molar-refractivity contribution in [3.05, 3.63) is 28.2 Å². The number of halogens is 1. The van der Waals surface area contributed by atoms with Gasteiger partial charge in [0, 0.05) is 36.8 Å². The molecule has 1 amide bonds. The Hall–Kier alpha value is -1.07. The maximum atomic E-state index is 11.8. The van der Waals surface area contributed by atoms with Crippen LogP contribution in [0.1, 0.15) is 18.4 Å². The van der Waals surface area contributed by atoms with Gasteiger partial charge in [0.1, 0.15) is 0 Å². The van der Waals surface area contributed by atoms with E-state index in [9.17, 15) is 4.79 Å². The van der Waals surface area contributed by atoms with E-state index in [1.807, 2.05) is 12.1 Å². The second-order valence-electron chi connectivity index (χ2n) is 4.88. The number of carbonyl (C=O) groups excluding carboxylic acids is 1. The fourth-order valence-corrected chi connectivity index (χ4v) is 2.97. The highest BCUT2D eigenvalue weighted by atomic mass is 79.9. The number of anilines is 1. The number of nitrogens with one attached hydrogen (secondary N) is 1. The van der Waals surface area contributed by atoms with Gasteiger partial charge in [0.15, 0.2) is 0 Å². The molecule has 1 fully saturated rings. The number of rotatable bonds is 3. The molecule has 1 aliphatic rings. The van der Waals surface area contributed by atoms with E-state index in [0.29, 0.717) is 6.54 Å². The summed E-state index contributed by atoms with van der Waals surface area (Å²) in [6.45, 7) is 2.27. The Kier molecular flexibility index (Phi) is 4.82. The molecule has 0 radical (unpaired) electrons. The molecular formula is C14H20BrN3O. The minimum Gasteiger partial charge on any atom is -0.370 e. The van der Waals surface area contributed by atoms with Crippen LogP contribution in [0.4, 0.5) is 5.69 Å². The molecule has 0 saturated carbocycles. The van der Waals surface area contributed by atoms with Crippen molar-refractivity contribution in [3.63, 3.8) is 0 Å². The summed E-state index contributed by atoms with van der Waals surface area (Å²) in [5.74, 6) is 0.206. The van der Waals surface area contributed by atoms with Gasteiger partial charge in [0.25, 0.3) is 0 Å². The van der Waals surface area contributed by atoms with Crippen molar-refractivity contribution in [2.24, 2.45) is 11.7 Å². The maximum absolute atomic E-state index is 11.8. The highest BCUT2D eigenvalue weighted by Crippen LogP contribution is 2.29. The number of hydrogen-bond acceptors (Lipinski definition) is 3. The van der Waals surface area contributed by atoms with Crippen LogP contribution in [0.5, 0.6) is 0 Å². The molecule has 2 rings (SSSR count). The predicted molar refractivity (Wildman–Crippen MR) is 81.0 cm³/mol. The smallest absolute Gasteiger partial charge is 0.224 e. The van der Waals surface area contributed by atoms with E-state index in [1.54, 1.807) is 7.05 Å². The van der Waals surface area contributed by atoms with Crippen molar-refractivity contribution in [1.29, 1.82) is 0 Å². The van der Waals surface area contributed by atoms with Crippen LogP contribution in [0.2, 0.25) is 0 Å². The largest absolute Gasteiger partial charge is 0.370 e. The zero-order valence-electron chi connectivity index (χ0n) is 11.2. The Bertz CT molecular complexity index is 464. The normalized spacial score (nSPS) is 19.3. The van der Waals surface area contributed by atoms with Gasteiger partial charge >= 0.3 is 0 Å². The monoisotopic (exact) mass is 325 g/mol. The third-order valence-electron chi connectivity index (χ3n) is 3.65. The predicted octanol–water partition coefficient (Wildman–Crippen LogP) is 1.87. The van der Waals surface area contributed by atoms with Crippen molar-refractivity contribution >= 4 is 27.5 Å². The SMILES string of the molecule is CNC(=O)C1CCCN(c2cc(Br)ccc2CN)C1. The molecule has 0 bridgehead atoms. The third kappa shape index (κ3) is 3.28. The lowest BCUT2D eigenvalue weighted by molar-refractivity contribution is -0.124. The van der Waals surface area contributed by atoms with Gasteiger partial charge in [-0.3, -0.25) is 4.79 Å². The molecule has 1 heterocycles. The van der Waals surface area contributed by atoms with Crippen molar-refractivity contribution in [2.75, 3.05) is 25.0 Å². The number of nitrogens with two attached hydrogens (primary N) is 1. The first-order valence-electron chi connectivity index (χ1n) is 6.60. The lowest BCUT2D eigenvalue weighted by atomic mass is 9.96. The lowest BCUT2D eigenvalue weighted by Gasteiger charge is -2.34. The van der Waals surface area contributed by atoms with Crippen LogP contribution in [-0.2, 0) is 11.3 Å². The van der Waals surface area contributed by atoms with Gasteiger partial charge in [-0.25, -0.2) is 0 Å². The molecule has 0 aromatic heterocycles. The van der Waals surface area contributed by atoms with Crippen molar-refractivity contribution in [2.45, 2.75) is 19.4 Å². The standard InChI is InChI=1S/C14H20BrN3O/c1-17-14(19)11-3-2-6-18(9-11)13-7-12(15)5-4-10(13)8-16/h4-5,7,11H,2-3,6,8-9,16H2,1H3,(H,17,19). The molecule has 0 spiro atoms. The molecule has 5 heteroatoms. The summed E-state index contributed by atoms with van der Waals surface area (Å²) in [4.78, 5) is 14.1. The molecule has 3 N–H and O–H groups in total. The van der Waals surface area contributed by atoms with Crippen LogP contribution in [0.3, 0.4) is 0 Å². The summed E-state index contributed by atoms with van der Waals surface area (Å²) >= 11 is 3.50. The number of carbonyl (C=O) groups is 1. The van der Waals surface area contributed by atoms with E-state index >= 15 is 0 Å². The van der Waals surface area contributed by atoms with Crippen molar-refractivity contribution in [1.82, 2.24) is 5.32 Å². The number of nitrogens with zero attached hydrogens (tertiary/aromatic N) is 1. The van der Waals surface area contributed by atoms with Crippen LogP contribution >= 0.6 is 15.9 Å². The van der Waals surface area contributed by atoms with E-state index in [2.05, 4.69) is 32.2 Å². The number of hydrogen-bond donors (Lipinski definition) is 2. The first kappa shape index (κ1) is 14.3. The van der Waals surface area contributed by atoms with Gasteiger partial charge in [0.2, 0.25) is 5.91 Å². The topological polar surface area (TPSA) is 58.4 Å². The van der Waals surface area contributed by atoms with E-state index in [0.717, 1.165) is 41.7 Å². The molecule has 4 nitrogen and oxygen atoms in total. The van der Waals surface area contributed by atoms with Crippen LogP contribution in [-0.4, -0.2) is 26.0 Å². The van der Waals surface area contributed by atoms with Gasteiger partial charge in [0.05, 0.1) is 5.92 Å². The summed E-state index contributed by atoms with van der Waals surface area (Å²) in [7, 11) is 1.70. The van der Waals surface area contributed by atoms with Crippen LogP contribution < -0.4 is 16.0 Å². The quantitative estimate of drug-likeness (QED) is 0.892. The summed E-state index contributed by atoms with van der Waals surface area (Å²) < 4.78 is 1.04. The van der Waals surface area contributed by atoms with E-state index in [4.69, 9.17) is 5.73 Å².